The summed E-state index contributed by atoms with van der Waals surface area (Å²) in [4.78, 5) is 11.6. The van der Waals surface area contributed by atoms with Crippen LogP contribution in [0.2, 0.25) is 0 Å². The van der Waals surface area contributed by atoms with Crippen LogP contribution in [-0.4, -0.2) is 12.1 Å². The molecule has 17 heavy (non-hydrogen) atoms. The van der Waals surface area contributed by atoms with E-state index in [1.807, 2.05) is 30.3 Å². The molecule has 1 aromatic rings. The number of urea groups is 1. The molecule has 0 aliphatic heterocycles. The third kappa shape index (κ3) is 3.98. The van der Waals surface area contributed by atoms with Crippen LogP contribution in [0, 0.1) is 0 Å². The molecule has 0 radical (unpaired) electrons. The fourth-order valence-electron chi connectivity index (χ4n) is 2.12. The van der Waals surface area contributed by atoms with Gasteiger partial charge in [0.1, 0.15) is 0 Å². The normalized spacial score (nSPS) is 16.2. The van der Waals surface area contributed by atoms with Gasteiger partial charge in [-0.15, -0.1) is 0 Å². The number of para-hydroxylation sites is 1. The second-order valence-electron chi connectivity index (χ2n) is 4.42. The molecule has 2 amide bonds. The highest BCUT2D eigenvalue weighted by atomic mass is 16.2. The van der Waals surface area contributed by atoms with Crippen LogP contribution in [0.25, 0.3) is 0 Å². The maximum atomic E-state index is 11.6. The van der Waals surface area contributed by atoms with Crippen LogP contribution >= 0.6 is 0 Å². The van der Waals surface area contributed by atoms with E-state index in [4.69, 9.17) is 0 Å². The Kier molecular flexibility index (Phi) is 4.24. The number of hydrogen-bond acceptors (Lipinski definition) is 2. The van der Waals surface area contributed by atoms with Crippen LogP contribution in [0.3, 0.4) is 0 Å². The Balaban J connectivity index is 1.70. The number of carbonyl (C=O) groups is 1. The van der Waals surface area contributed by atoms with Crippen LogP contribution in [0.15, 0.2) is 30.3 Å². The Hall–Kier alpha value is -1.71. The lowest BCUT2D eigenvalue weighted by atomic mass is 9.96. The van der Waals surface area contributed by atoms with Crippen LogP contribution in [0.4, 0.5) is 10.5 Å². The van der Waals surface area contributed by atoms with Gasteiger partial charge in [-0.1, -0.05) is 37.5 Å². The van der Waals surface area contributed by atoms with Crippen molar-refractivity contribution in [1.82, 2.24) is 10.7 Å². The van der Waals surface area contributed by atoms with E-state index < -0.39 is 0 Å². The van der Waals surface area contributed by atoms with E-state index in [1.54, 1.807) is 0 Å². The molecule has 0 unspecified atom stereocenters. The number of carbonyl (C=O) groups excluding carboxylic acids is 1. The van der Waals surface area contributed by atoms with Gasteiger partial charge in [0.2, 0.25) is 0 Å². The fourth-order valence-corrected chi connectivity index (χ4v) is 2.12. The summed E-state index contributed by atoms with van der Waals surface area (Å²) in [5.74, 6) is 0. The molecule has 2 rings (SSSR count). The highest BCUT2D eigenvalue weighted by molar-refractivity contribution is 5.75. The molecule has 1 aliphatic carbocycles. The Morgan fingerprint density at radius 1 is 1.06 bits per heavy atom. The summed E-state index contributed by atoms with van der Waals surface area (Å²) in [5, 5.41) is 2.98. The molecule has 0 bridgehead atoms. The Morgan fingerprint density at radius 2 is 1.76 bits per heavy atom. The monoisotopic (exact) mass is 233 g/mol. The van der Waals surface area contributed by atoms with Gasteiger partial charge in [0.15, 0.2) is 0 Å². The largest absolute Gasteiger partial charge is 0.334 e. The Bertz CT molecular complexity index is 347. The number of nitrogens with one attached hydrogen (secondary N) is 3. The first kappa shape index (κ1) is 11.8. The summed E-state index contributed by atoms with van der Waals surface area (Å²) in [7, 11) is 0. The summed E-state index contributed by atoms with van der Waals surface area (Å²) in [5.41, 5.74) is 6.40. The summed E-state index contributed by atoms with van der Waals surface area (Å²) in [6, 6.07) is 9.77. The lowest BCUT2D eigenvalue weighted by Gasteiger charge is -2.23. The van der Waals surface area contributed by atoms with Gasteiger partial charge in [0, 0.05) is 6.04 Å². The molecule has 0 atom stereocenters. The van der Waals surface area contributed by atoms with Gasteiger partial charge in [-0.2, -0.15) is 0 Å². The number of hydrogen-bond donors (Lipinski definition) is 3. The van der Waals surface area contributed by atoms with E-state index in [0.29, 0.717) is 6.04 Å². The maximum Gasteiger partial charge on any atom is 0.333 e. The predicted molar refractivity (Wildman–Crippen MR) is 68.6 cm³/mol. The van der Waals surface area contributed by atoms with E-state index in [0.717, 1.165) is 18.5 Å². The SMILES string of the molecule is O=C(NNc1ccccc1)NC1CCCCC1. The van der Waals surface area contributed by atoms with Gasteiger partial charge < -0.3 is 5.32 Å². The molecule has 4 nitrogen and oxygen atoms in total. The maximum absolute atomic E-state index is 11.6. The molecule has 0 spiro atoms. The van der Waals surface area contributed by atoms with Crippen LogP contribution in [-0.2, 0) is 0 Å². The van der Waals surface area contributed by atoms with Crippen molar-refractivity contribution in [2.24, 2.45) is 0 Å². The summed E-state index contributed by atoms with van der Waals surface area (Å²) in [6.45, 7) is 0. The van der Waals surface area contributed by atoms with E-state index in [1.165, 1.54) is 19.3 Å². The molecular formula is C13H19N3O. The van der Waals surface area contributed by atoms with E-state index in [2.05, 4.69) is 16.2 Å². The van der Waals surface area contributed by atoms with E-state index in [-0.39, 0.29) is 6.03 Å². The molecule has 1 aromatic carbocycles. The lowest BCUT2D eigenvalue weighted by Crippen LogP contribution is -2.44. The minimum atomic E-state index is -0.152. The van der Waals surface area contributed by atoms with Gasteiger partial charge in [0.25, 0.3) is 0 Å². The summed E-state index contributed by atoms with van der Waals surface area (Å²) in [6.07, 6.45) is 5.92. The van der Waals surface area contributed by atoms with Crippen LogP contribution in [0.1, 0.15) is 32.1 Å². The van der Waals surface area contributed by atoms with Crippen molar-refractivity contribution >= 4 is 11.7 Å². The minimum absolute atomic E-state index is 0.152. The second kappa shape index (κ2) is 6.13. The fraction of sp³-hybridized carbons (Fsp3) is 0.462. The van der Waals surface area contributed by atoms with Gasteiger partial charge in [0.05, 0.1) is 5.69 Å². The van der Waals surface area contributed by atoms with Crippen molar-refractivity contribution in [1.29, 1.82) is 0 Å². The molecule has 0 heterocycles. The third-order valence-corrected chi connectivity index (χ3v) is 3.03. The molecule has 92 valence electrons. The van der Waals surface area contributed by atoms with Gasteiger partial charge >= 0.3 is 6.03 Å². The smallest absolute Gasteiger partial charge is 0.333 e. The van der Waals surface area contributed by atoms with Crippen molar-refractivity contribution in [3.8, 4) is 0 Å². The minimum Gasteiger partial charge on any atom is -0.334 e. The lowest BCUT2D eigenvalue weighted by molar-refractivity contribution is 0.234. The van der Waals surface area contributed by atoms with Crippen LogP contribution in [0.5, 0.6) is 0 Å². The molecule has 1 saturated carbocycles. The topological polar surface area (TPSA) is 53.2 Å². The molecule has 1 aliphatic rings. The van der Waals surface area contributed by atoms with Gasteiger partial charge in [-0.25, -0.2) is 4.79 Å². The number of amides is 2. The Labute approximate surface area is 102 Å². The number of anilines is 1. The highest BCUT2D eigenvalue weighted by Gasteiger charge is 2.14. The van der Waals surface area contributed by atoms with E-state index in [9.17, 15) is 4.79 Å². The first-order valence-electron chi connectivity index (χ1n) is 6.22. The summed E-state index contributed by atoms with van der Waals surface area (Å²) >= 11 is 0. The molecule has 0 saturated heterocycles. The molecular weight excluding hydrogens is 214 g/mol. The zero-order valence-electron chi connectivity index (χ0n) is 9.91. The number of hydrazine groups is 1. The molecule has 0 aromatic heterocycles. The van der Waals surface area contributed by atoms with Crippen molar-refractivity contribution < 1.29 is 4.79 Å². The predicted octanol–water partition coefficient (Wildman–Crippen LogP) is 2.65. The zero-order chi connectivity index (χ0) is 11.9. The Morgan fingerprint density at radius 3 is 2.47 bits per heavy atom. The molecule has 3 N–H and O–H groups in total. The standard InChI is InChI=1S/C13H19N3O/c17-13(14-11-7-3-1-4-8-11)16-15-12-9-5-2-6-10-12/h2,5-6,9-11,15H,1,3-4,7-8H2,(H2,14,16,17). The number of rotatable bonds is 3. The second-order valence-corrected chi connectivity index (χ2v) is 4.42. The molecule has 4 heteroatoms. The third-order valence-electron chi connectivity index (χ3n) is 3.03. The van der Waals surface area contributed by atoms with Crippen molar-refractivity contribution in [2.45, 2.75) is 38.1 Å². The zero-order valence-corrected chi connectivity index (χ0v) is 9.91. The first-order chi connectivity index (χ1) is 8.34. The van der Waals surface area contributed by atoms with Gasteiger partial charge in [-0.3, -0.25) is 10.9 Å². The summed E-state index contributed by atoms with van der Waals surface area (Å²) < 4.78 is 0. The van der Waals surface area contributed by atoms with Gasteiger partial charge in [-0.05, 0) is 25.0 Å². The highest BCUT2D eigenvalue weighted by Crippen LogP contribution is 2.17. The van der Waals surface area contributed by atoms with Crippen molar-refractivity contribution in [3.05, 3.63) is 30.3 Å². The average molecular weight is 233 g/mol. The van der Waals surface area contributed by atoms with E-state index >= 15 is 0 Å². The molecule has 1 fully saturated rings. The number of benzene rings is 1. The van der Waals surface area contributed by atoms with Crippen LogP contribution < -0.4 is 16.2 Å². The first-order valence-corrected chi connectivity index (χ1v) is 6.22. The average Bonchev–Trinajstić information content (AvgIpc) is 2.39. The van der Waals surface area contributed by atoms with Crippen molar-refractivity contribution in [3.63, 3.8) is 0 Å². The van der Waals surface area contributed by atoms with Crippen molar-refractivity contribution in [2.75, 3.05) is 5.43 Å². The quantitative estimate of drug-likeness (QED) is 0.703.